The molecule has 0 aliphatic carbocycles. The van der Waals surface area contributed by atoms with Gasteiger partial charge in [0, 0.05) is 17.0 Å². The summed E-state index contributed by atoms with van der Waals surface area (Å²) in [5, 5.41) is 6.94. The molecule has 0 aromatic heterocycles. The topological polar surface area (TPSA) is 71.4 Å². The molecule has 7 nitrogen and oxygen atoms in total. The van der Waals surface area contributed by atoms with E-state index in [0.717, 1.165) is 22.6 Å². The molecule has 1 saturated heterocycles. The highest BCUT2D eigenvalue weighted by Crippen LogP contribution is 2.38. The van der Waals surface area contributed by atoms with Gasteiger partial charge in [-0.2, -0.15) is 5.10 Å². The van der Waals surface area contributed by atoms with Gasteiger partial charge in [-0.3, -0.25) is 14.5 Å². The fraction of sp³-hybridized carbons (Fsp3) is 0.423. The van der Waals surface area contributed by atoms with E-state index in [1.54, 1.807) is 12.1 Å². The van der Waals surface area contributed by atoms with Crippen molar-refractivity contribution in [3.05, 3.63) is 64.7 Å². The van der Waals surface area contributed by atoms with Gasteiger partial charge in [-0.25, -0.2) is 5.01 Å². The molecule has 0 spiro atoms. The summed E-state index contributed by atoms with van der Waals surface area (Å²) in [6, 6.07) is 15.0. The van der Waals surface area contributed by atoms with Crippen LogP contribution in [0.25, 0.3) is 0 Å². The van der Waals surface area contributed by atoms with Gasteiger partial charge in [-0.1, -0.05) is 41.9 Å². The molecule has 180 valence electrons. The minimum Gasteiger partial charge on any atom is -0.496 e. The molecule has 0 bridgehead atoms. The van der Waals surface area contributed by atoms with Gasteiger partial charge < -0.3 is 9.47 Å². The Balaban J connectivity index is 1.53. The first-order chi connectivity index (χ1) is 16.5. The number of likely N-dealkylation sites (tertiary alicyclic amines) is 1. The van der Waals surface area contributed by atoms with E-state index in [2.05, 4.69) is 4.90 Å². The van der Waals surface area contributed by atoms with Gasteiger partial charge in [0.25, 0.3) is 5.91 Å². The highest BCUT2D eigenvalue weighted by Gasteiger charge is 2.36. The first-order valence-corrected chi connectivity index (χ1v) is 12.1. The van der Waals surface area contributed by atoms with Gasteiger partial charge in [0.05, 0.1) is 37.9 Å². The number of esters is 1. The maximum Gasteiger partial charge on any atom is 0.309 e. The molecule has 0 radical (unpaired) electrons. The smallest absolute Gasteiger partial charge is 0.309 e. The molecule has 1 fully saturated rings. The summed E-state index contributed by atoms with van der Waals surface area (Å²) in [4.78, 5) is 27.6. The molecule has 8 heteroatoms. The number of amides is 1. The third-order valence-electron chi connectivity index (χ3n) is 6.41. The molecule has 2 aromatic rings. The molecule has 0 saturated carbocycles. The number of carbonyl (C=O) groups is 2. The van der Waals surface area contributed by atoms with Crippen molar-refractivity contribution in [2.75, 3.05) is 33.4 Å². The molecular weight excluding hydrogens is 454 g/mol. The summed E-state index contributed by atoms with van der Waals surface area (Å²) in [5.41, 5.74) is 2.52. The van der Waals surface area contributed by atoms with Crippen LogP contribution >= 0.6 is 11.6 Å². The van der Waals surface area contributed by atoms with Crippen LogP contribution in [-0.2, 0) is 14.3 Å². The van der Waals surface area contributed by atoms with Gasteiger partial charge in [0.1, 0.15) is 5.75 Å². The van der Waals surface area contributed by atoms with Crippen molar-refractivity contribution >= 4 is 29.2 Å². The Kier molecular flexibility index (Phi) is 7.85. The molecule has 34 heavy (non-hydrogen) atoms. The molecule has 2 aliphatic rings. The lowest BCUT2D eigenvalue weighted by molar-refractivity contribution is -0.149. The molecule has 0 N–H and O–H groups in total. The largest absolute Gasteiger partial charge is 0.496 e. The number of rotatable bonds is 7. The zero-order chi connectivity index (χ0) is 24.1. The maximum atomic E-state index is 13.5. The SMILES string of the molecule is CCOC(=O)C1CCN(CC(=O)N2N=C(c3ccccc3OC)C[C@@H]2c2ccccc2Cl)CC1. The van der Waals surface area contributed by atoms with Crippen LogP contribution in [0.1, 0.15) is 43.4 Å². The molecule has 2 heterocycles. The lowest BCUT2D eigenvalue weighted by Gasteiger charge is -2.32. The Bertz CT molecular complexity index is 1070. The highest BCUT2D eigenvalue weighted by atomic mass is 35.5. The fourth-order valence-corrected chi connectivity index (χ4v) is 4.89. The molecule has 2 aliphatic heterocycles. The van der Waals surface area contributed by atoms with Crippen LogP contribution in [0.3, 0.4) is 0 Å². The van der Waals surface area contributed by atoms with E-state index in [0.29, 0.717) is 44.0 Å². The van der Waals surface area contributed by atoms with Crippen LogP contribution in [0.2, 0.25) is 5.02 Å². The Morgan fingerprint density at radius 1 is 1.09 bits per heavy atom. The fourth-order valence-electron chi connectivity index (χ4n) is 4.62. The van der Waals surface area contributed by atoms with Crippen molar-refractivity contribution in [3.8, 4) is 5.75 Å². The Morgan fingerprint density at radius 3 is 2.50 bits per heavy atom. The number of benzene rings is 2. The van der Waals surface area contributed by atoms with Gasteiger partial charge in [0.15, 0.2) is 0 Å². The van der Waals surface area contributed by atoms with Crippen LogP contribution in [0.4, 0.5) is 0 Å². The predicted octanol–water partition coefficient (Wildman–Crippen LogP) is 4.30. The molecule has 4 rings (SSSR count). The summed E-state index contributed by atoms with van der Waals surface area (Å²) < 4.78 is 10.7. The number of hydrogen-bond acceptors (Lipinski definition) is 6. The quantitative estimate of drug-likeness (QED) is 0.549. The number of methoxy groups -OCH3 is 1. The molecule has 1 atom stereocenters. The number of carbonyl (C=O) groups excluding carboxylic acids is 2. The number of hydrazone groups is 1. The minimum absolute atomic E-state index is 0.0931. The van der Waals surface area contributed by atoms with Crippen LogP contribution in [0, 0.1) is 5.92 Å². The average Bonchev–Trinajstić information content (AvgIpc) is 3.30. The van der Waals surface area contributed by atoms with E-state index in [1.807, 2.05) is 55.5 Å². The van der Waals surface area contributed by atoms with Crippen molar-refractivity contribution < 1.29 is 19.1 Å². The average molecular weight is 484 g/mol. The standard InChI is InChI=1S/C26H30ClN3O4/c1-3-34-26(32)18-12-14-29(15-13-18)17-25(31)30-23(19-8-4-6-10-21(19)27)16-22(28-30)20-9-5-7-11-24(20)33-2/h4-11,18,23H,3,12-17H2,1-2H3/t23-/m1/s1. The van der Waals surface area contributed by atoms with E-state index >= 15 is 0 Å². The number of halogens is 1. The molecule has 0 unspecified atom stereocenters. The number of para-hydroxylation sites is 1. The van der Waals surface area contributed by atoms with E-state index in [4.69, 9.17) is 26.2 Å². The summed E-state index contributed by atoms with van der Waals surface area (Å²) in [5.74, 6) is 0.390. The van der Waals surface area contributed by atoms with E-state index < -0.39 is 0 Å². The summed E-state index contributed by atoms with van der Waals surface area (Å²) in [6.45, 7) is 3.78. The van der Waals surface area contributed by atoms with Gasteiger partial charge >= 0.3 is 5.97 Å². The third kappa shape index (κ3) is 5.26. The van der Waals surface area contributed by atoms with Crippen molar-refractivity contribution in [2.45, 2.75) is 32.2 Å². The first-order valence-electron chi connectivity index (χ1n) is 11.7. The Morgan fingerprint density at radius 2 is 1.79 bits per heavy atom. The molecular formula is C26H30ClN3O4. The number of hydrogen-bond donors (Lipinski definition) is 0. The third-order valence-corrected chi connectivity index (χ3v) is 6.76. The van der Waals surface area contributed by atoms with Gasteiger partial charge in [-0.05, 0) is 56.6 Å². The lowest BCUT2D eigenvalue weighted by Crippen LogP contribution is -2.43. The van der Waals surface area contributed by atoms with Crippen molar-refractivity contribution in [3.63, 3.8) is 0 Å². The second-order valence-electron chi connectivity index (χ2n) is 8.53. The van der Waals surface area contributed by atoms with Gasteiger partial charge in [-0.15, -0.1) is 0 Å². The number of piperidine rings is 1. The van der Waals surface area contributed by atoms with Crippen molar-refractivity contribution in [2.24, 2.45) is 11.0 Å². The van der Waals surface area contributed by atoms with E-state index in [-0.39, 0.29) is 30.4 Å². The maximum absolute atomic E-state index is 13.5. The zero-order valence-electron chi connectivity index (χ0n) is 19.6. The van der Waals surface area contributed by atoms with Crippen molar-refractivity contribution in [1.29, 1.82) is 0 Å². The normalized spacial score (nSPS) is 19.1. The van der Waals surface area contributed by atoms with Crippen LogP contribution in [0.15, 0.2) is 53.6 Å². The second-order valence-corrected chi connectivity index (χ2v) is 8.94. The minimum atomic E-state index is -0.293. The predicted molar refractivity (Wildman–Crippen MR) is 131 cm³/mol. The zero-order valence-corrected chi connectivity index (χ0v) is 20.3. The second kappa shape index (κ2) is 11.0. The number of ether oxygens (including phenoxy) is 2. The number of nitrogens with zero attached hydrogens (tertiary/aromatic N) is 3. The highest BCUT2D eigenvalue weighted by molar-refractivity contribution is 6.31. The van der Waals surface area contributed by atoms with Crippen LogP contribution in [0.5, 0.6) is 5.75 Å². The van der Waals surface area contributed by atoms with Crippen molar-refractivity contribution in [1.82, 2.24) is 9.91 Å². The van der Waals surface area contributed by atoms with E-state index in [9.17, 15) is 9.59 Å². The summed E-state index contributed by atoms with van der Waals surface area (Å²) >= 11 is 6.52. The lowest BCUT2D eigenvalue weighted by atomic mass is 9.96. The van der Waals surface area contributed by atoms with E-state index in [1.165, 1.54) is 0 Å². The Labute approximate surface area is 205 Å². The van der Waals surface area contributed by atoms with Gasteiger partial charge in [0.2, 0.25) is 0 Å². The molecule has 2 aromatic carbocycles. The Hall–Kier alpha value is -2.90. The first kappa shape index (κ1) is 24.2. The molecule has 1 amide bonds. The summed E-state index contributed by atoms with van der Waals surface area (Å²) in [7, 11) is 1.63. The van der Waals surface area contributed by atoms with Crippen LogP contribution in [-0.4, -0.2) is 60.8 Å². The van der Waals surface area contributed by atoms with Crippen LogP contribution < -0.4 is 4.74 Å². The summed E-state index contributed by atoms with van der Waals surface area (Å²) in [6.07, 6.45) is 1.92. The monoisotopic (exact) mass is 483 g/mol.